The number of piperidine rings is 1. The van der Waals surface area contributed by atoms with Crippen molar-refractivity contribution in [2.24, 2.45) is 5.92 Å². The molecular weight excluding hydrogens is 361 g/mol. The Morgan fingerprint density at radius 2 is 1.93 bits per heavy atom. The molecule has 28 heavy (non-hydrogen) atoms. The third-order valence-electron chi connectivity index (χ3n) is 4.75. The summed E-state index contributed by atoms with van der Waals surface area (Å²) >= 11 is 0. The number of pyridine rings is 1. The zero-order valence-electron chi connectivity index (χ0n) is 15.7. The molecule has 8 heteroatoms. The maximum atomic E-state index is 14.0. The van der Waals surface area contributed by atoms with Crippen LogP contribution in [0.2, 0.25) is 0 Å². The number of likely N-dealkylation sites (tertiary alicyclic amines) is 1. The predicted molar refractivity (Wildman–Crippen MR) is 105 cm³/mol. The van der Waals surface area contributed by atoms with Gasteiger partial charge in [0.25, 0.3) is 0 Å². The van der Waals surface area contributed by atoms with Gasteiger partial charge in [-0.05, 0) is 61.8 Å². The summed E-state index contributed by atoms with van der Waals surface area (Å²) < 4.78 is 14.0. The summed E-state index contributed by atoms with van der Waals surface area (Å²) in [6, 6.07) is 7.47. The van der Waals surface area contributed by atoms with Gasteiger partial charge in [0, 0.05) is 31.4 Å². The van der Waals surface area contributed by atoms with E-state index in [-0.39, 0.29) is 11.8 Å². The molecule has 3 amide bonds. The fourth-order valence-electron chi connectivity index (χ4n) is 3.36. The number of carbonyl (C=O) groups excluding carboxylic acids is 2. The number of urea groups is 1. The van der Waals surface area contributed by atoms with Crippen LogP contribution in [-0.4, -0.2) is 42.0 Å². The summed E-state index contributed by atoms with van der Waals surface area (Å²) in [5.41, 5.74) is 1.71. The van der Waals surface area contributed by atoms with E-state index >= 15 is 0 Å². The molecule has 7 nitrogen and oxygen atoms in total. The fourth-order valence-corrected chi connectivity index (χ4v) is 3.36. The molecule has 2 heterocycles. The first-order valence-electron chi connectivity index (χ1n) is 9.25. The third kappa shape index (κ3) is 5.50. The van der Waals surface area contributed by atoms with Crippen molar-refractivity contribution in [3.8, 4) is 0 Å². The number of nitrogens with zero attached hydrogens (tertiary/aromatic N) is 2. The summed E-state index contributed by atoms with van der Waals surface area (Å²) in [6.45, 7) is 2.12. The van der Waals surface area contributed by atoms with Gasteiger partial charge in [0.05, 0.1) is 11.9 Å². The lowest BCUT2D eigenvalue weighted by Crippen LogP contribution is -2.39. The van der Waals surface area contributed by atoms with Crippen molar-refractivity contribution in [2.45, 2.75) is 19.4 Å². The number of halogens is 1. The smallest absolute Gasteiger partial charge is 0.323 e. The zero-order chi connectivity index (χ0) is 19.9. The van der Waals surface area contributed by atoms with E-state index in [0.29, 0.717) is 17.9 Å². The molecule has 0 spiro atoms. The summed E-state index contributed by atoms with van der Waals surface area (Å²) in [7, 11) is 1.65. The maximum absolute atomic E-state index is 14.0. The zero-order valence-corrected chi connectivity index (χ0v) is 15.7. The Bertz CT molecular complexity index is 823. The topological polar surface area (TPSA) is 86.4 Å². The van der Waals surface area contributed by atoms with Crippen LogP contribution in [-0.2, 0) is 11.3 Å². The van der Waals surface area contributed by atoms with Gasteiger partial charge in [0.1, 0.15) is 5.82 Å². The molecule has 3 N–H and O–H groups in total. The number of carbonyl (C=O) groups is 2. The molecule has 3 rings (SSSR count). The first-order chi connectivity index (χ1) is 13.5. The van der Waals surface area contributed by atoms with E-state index in [9.17, 15) is 14.0 Å². The van der Waals surface area contributed by atoms with Crippen LogP contribution in [0.25, 0.3) is 0 Å². The normalized spacial score (nSPS) is 15.1. The molecule has 1 aliphatic heterocycles. The summed E-state index contributed by atoms with van der Waals surface area (Å²) in [6.07, 6.45) is 4.71. The first kappa shape index (κ1) is 19.8. The van der Waals surface area contributed by atoms with Crippen LogP contribution in [0.1, 0.15) is 18.4 Å². The van der Waals surface area contributed by atoms with Crippen molar-refractivity contribution in [3.05, 3.63) is 54.1 Å². The number of nitrogens with one attached hydrogen (secondary N) is 3. The van der Waals surface area contributed by atoms with Gasteiger partial charge >= 0.3 is 6.03 Å². The Morgan fingerprint density at radius 1 is 1.18 bits per heavy atom. The lowest BCUT2D eigenvalue weighted by atomic mass is 9.95. The summed E-state index contributed by atoms with van der Waals surface area (Å²) in [5.74, 6) is -0.284. The van der Waals surface area contributed by atoms with E-state index in [0.717, 1.165) is 31.5 Å². The monoisotopic (exact) mass is 385 g/mol. The van der Waals surface area contributed by atoms with Gasteiger partial charge in [-0.1, -0.05) is 0 Å². The average Bonchev–Trinajstić information content (AvgIpc) is 2.68. The van der Waals surface area contributed by atoms with Gasteiger partial charge in [-0.25, -0.2) is 9.18 Å². The Kier molecular flexibility index (Phi) is 6.54. The van der Waals surface area contributed by atoms with Crippen LogP contribution in [0.4, 0.5) is 20.6 Å². The molecule has 1 aromatic heterocycles. The SMILES string of the molecule is CNC(=O)C1CCN(Cc2cc(F)cc(NC(=O)Nc3cccnc3)c2)CC1. The van der Waals surface area contributed by atoms with Crippen molar-refractivity contribution >= 4 is 23.3 Å². The number of amides is 3. The van der Waals surface area contributed by atoms with Crippen molar-refractivity contribution in [1.82, 2.24) is 15.2 Å². The predicted octanol–water partition coefficient (Wildman–Crippen LogP) is 2.82. The molecule has 0 aliphatic carbocycles. The molecule has 1 saturated heterocycles. The highest BCUT2D eigenvalue weighted by Gasteiger charge is 2.24. The minimum atomic E-state index is -0.462. The highest BCUT2D eigenvalue weighted by Crippen LogP contribution is 2.21. The molecule has 148 valence electrons. The van der Waals surface area contributed by atoms with Crippen LogP contribution in [0.15, 0.2) is 42.7 Å². The van der Waals surface area contributed by atoms with Crippen LogP contribution in [0.3, 0.4) is 0 Å². The van der Waals surface area contributed by atoms with Crippen molar-refractivity contribution < 1.29 is 14.0 Å². The fraction of sp³-hybridized carbons (Fsp3) is 0.350. The standard InChI is InChI=1S/C20H24FN5O2/c1-22-19(27)15-4-7-26(8-5-15)13-14-9-16(21)11-18(10-14)25-20(28)24-17-3-2-6-23-12-17/h2-3,6,9-12,15H,4-5,7-8,13H2,1H3,(H,22,27)(H2,24,25,28). The number of hydrogen-bond acceptors (Lipinski definition) is 4. The number of hydrogen-bond donors (Lipinski definition) is 3. The summed E-state index contributed by atoms with van der Waals surface area (Å²) in [4.78, 5) is 29.9. The molecular formula is C20H24FN5O2. The van der Waals surface area contributed by atoms with Crippen molar-refractivity contribution in [1.29, 1.82) is 0 Å². The van der Waals surface area contributed by atoms with Crippen molar-refractivity contribution in [3.63, 3.8) is 0 Å². The van der Waals surface area contributed by atoms with E-state index in [2.05, 4.69) is 25.8 Å². The molecule has 0 radical (unpaired) electrons. The minimum Gasteiger partial charge on any atom is -0.359 e. The van der Waals surface area contributed by atoms with Gasteiger partial charge < -0.3 is 16.0 Å². The second-order valence-corrected chi connectivity index (χ2v) is 6.83. The van der Waals surface area contributed by atoms with E-state index in [1.54, 1.807) is 31.4 Å². The molecule has 0 bridgehead atoms. The highest BCUT2D eigenvalue weighted by atomic mass is 19.1. The maximum Gasteiger partial charge on any atom is 0.323 e. The van der Waals surface area contributed by atoms with Gasteiger partial charge in [0.15, 0.2) is 0 Å². The van der Waals surface area contributed by atoms with Gasteiger partial charge in [0.2, 0.25) is 5.91 Å². The van der Waals surface area contributed by atoms with E-state index in [1.165, 1.54) is 18.3 Å². The summed E-state index contributed by atoms with van der Waals surface area (Å²) in [5, 5.41) is 7.99. The van der Waals surface area contributed by atoms with Crippen LogP contribution < -0.4 is 16.0 Å². The molecule has 1 aliphatic rings. The molecule has 1 aromatic carbocycles. The molecule has 1 fully saturated rings. The minimum absolute atomic E-state index is 0.0437. The Labute approximate surface area is 163 Å². The van der Waals surface area contributed by atoms with E-state index in [4.69, 9.17) is 0 Å². The average molecular weight is 385 g/mol. The lowest BCUT2D eigenvalue weighted by Gasteiger charge is -2.31. The van der Waals surface area contributed by atoms with E-state index < -0.39 is 11.8 Å². The quantitative estimate of drug-likeness (QED) is 0.739. The number of anilines is 2. The Morgan fingerprint density at radius 3 is 2.61 bits per heavy atom. The second kappa shape index (κ2) is 9.27. The Hall–Kier alpha value is -3.00. The molecule has 0 saturated carbocycles. The number of rotatable bonds is 5. The third-order valence-corrected chi connectivity index (χ3v) is 4.75. The first-order valence-corrected chi connectivity index (χ1v) is 9.25. The lowest BCUT2D eigenvalue weighted by molar-refractivity contribution is -0.125. The highest BCUT2D eigenvalue weighted by molar-refractivity contribution is 5.99. The number of aromatic nitrogens is 1. The number of benzene rings is 1. The van der Waals surface area contributed by atoms with Gasteiger partial charge in [-0.2, -0.15) is 0 Å². The molecule has 2 aromatic rings. The van der Waals surface area contributed by atoms with Crippen LogP contribution in [0, 0.1) is 11.7 Å². The van der Waals surface area contributed by atoms with E-state index in [1.807, 2.05) is 0 Å². The van der Waals surface area contributed by atoms with Gasteiger partial charge in [-0.15, -0.1) is 0 Å². The van der Waals surface area contributed by atoms with Crippen LogP contribution in [0.5, 0.6) is 0 Å². The van der Waals surface area contributed by atoms with Gasteiger partial charge in [-0.3, -0.25) is 14.7 Å². The largest absolute Gasteiger partial charge is 0.359 e. The Balaban J connectivity index is 1.57. The van der Waals surface area contributed by atoms with Crippen molar-refractivity contribution in [2.75, 3.05) is 30.8 Å². The molecule has 0 unspecified atom stereocenters. The van der Waals surface area contributed by atoms with Crippen LogP contribution >= 0.6 is 0 Å². The molecule has 0 atom stereocenters. The second-order valence-electron chi connectivity index (χ2n) is 6.83.